The Kier molecular flexibility index (Phi) is 5.15. The molecular weight excluding hydrogens is 311 g/mol. The summed E-state index contributed by atoms with van der Waals surface area (Å²) in [5.41, 5.74) is -0.318. The van der Waals surface area contributed by atoms with Crippen molar-refractivity contribution in [2.24, 2.45) is 0 Å². The van der Waals surface area contributed by atoms with Crippen molar-refractivity contribution in [3.8, 4) is 11.5 Å². The van der Waals surface area contributed by atoms with E-state index in [-0.39, 0.29) is 6.42 Å². The van der Waals surface area contributed by atoms with Crippen LogP contribution in [0.3, 0.4) is 0 Å². The number of carboxylic acids is 1. The minimum atomic E-state index is -0.920. The zero-order valence-electron chi connectivity index (χ0n) is 15.1. The molecule has 0 radical (unpaired) electrons. The van der Waals surface area contributed by atoms with E-state index in [0.29, 0.717) is 11.5 Å². The maximum absolute atomic E-state index is 11.4. The van der Waals surface area contributed by atoms with Crippen LogP contribution >= 0.6 is 0 Å². The van der Waals surface area contributed by atoms with Gasteiger partial charge in [0.2, 0.25) is 0 Å². The number of aliphatic carboxylic acids is 1. The van der Waals surface area contributed by atoms with Crippen molar-refractivity contribution >= 4 is 13.1 Å². The summed E-state index contributed by atoms with van der Waals surface area (Å²) in [6, 6.07) is 5.33. The normalized spacial score (nSPS) is 19.8. The van der Waals surface area contributed by atoms with Crippen molar-refractivity contribution in [1.29, 1.82) is 0 Å². The fourth-order valence-corrected chi connectivity index (χ4v) is 2.66. The van der Waals surface area contributed by atoms with Gasteiger partial charge in [-0.1, -0.05) is 0 Å². The first kappa shape index (κ1) is 18.6. The van der Waals surface area contributed by atoms with Gasteiger partial charge in [0.1, 0.15) is 11.5 Å². The fourth-order valence-electron chi connectivity index (χ4n) is 2.66. The highest BCUT2D eigenvalue weighted by Crippen LogP contribution is 2.42. The average molecular weight is 336 g/mol. The van der Waals surface area contributed by atoms with Crippen LogP contribution in [0.1, 0.15) is 45.5 Å². The quantitative estimate of drug-likeness (QED) is 0.805. The van der Waals surface area contributed by atoms with E-state index in [1.165, 1.54) is 0 Å². The van der Waals surface area contributed by atoms with Crippen LogP contribution in [0.5, 0.6) is 11.5 Å². The van der Waals surface area contributed by atoms with E-state index in [9.17, 15) is 9.90 Å². The molecule has 1 atom stereocenters. The molecule has 2 rings (SSSR count). The van der Waals surface area contributed by atoms with Gasteiger partial charge in [-0.3, -0.25) is 4.79 Å². The Morgan fingerprint density at radius 3 is 1.92 bits per heavy atom. The number of hydrogen-bond donors (Lipinski definition) is 1. The highest BCUT2D eigenvalue weighted by Gasteiger charge is 2.54. The molecule has 0 aromatic heterocycles. The Morgan fingerprint density at radius 2 is 1.54 bits per heavy atom. The smallest absolute Gasteiger partial charge is 0.466 e. The molecule has 24 heavy (non-hydrogen) atoms. The second-order valence-electron chi connectivity index (χ2n) is 6.98. The maximum atomic E-state index is 11.4. The molecule has 0 aliphatic carbocycles. The molecule has 0 amide bonds. The van der Waals surface area contributed by atoms with Crippen molar-refractivity contribution in [3.63, 3.8) is 0 Å². The summed E-state index contributed by atoms with van der Waals surface area (Å²) in [5, 5.41) is 9.35. The lowest BCUT2D eigenvalue weighted by Gasteiger charge is -2.32. The van der Waals surface area contributed by atoms with E-state index in [2.05, 4.69) is 0 Å². The van der Waals surface area contributed by atoms with Crippen LogP contribution in [0.4, 0.5) is 0 Å². The van der Waals surface area contributed by atoms with Crippen molar-refractivity contribution in [3.05, 3.63) is 23.8 Å². The van der Waals surface area contributed by atoms with Crippen molar-refractivity contribution in [2.75, 3.05) is 14.2 Å². The fraction of sp³-hybridized carbons (Fsp3) is 0.588. The number of carboxylic acid groups (broad SMARTS) is 1. The Balaban J connectivity index is 2.42. The van der Waals surface area contributed by atoms with Crippen molar-refractivity contribution < 1.29 is 28.7 Å². The van der Waals surface area contributed by atoms with Crippen LogP contribution < -0.4 is 9.47 Å². The van der Waals surface area contributed by atoms with Crippen LogP contribution in [-0.2, 0) is 14.1 Å². The standard InChI is InChI=1S/C17H25BO6/c1-16(2)17(3,4)24-18(23-16)14(10-15(19)20)11-7-12(21-5)9-13(8-11)22-6/h7-9,14H,10H2,1-6H3,(H,19,20). The summed E-state index contributed by atoms with van der Waals surface area (Å²) in [7, 11) is 2.45. The highest BCUT2D eigenvalue weighted by atomic mass is 16.7. The van der Waals surface area contributed by atoms with Gasteiger partial charge in [-0.2, -0.15) is 0 Å². The van der Waals surface area contributed by atoms with Crippen molar-refractivity contribution in [2.45, 2.75) is 51.1 Å². The summed E-state index contributed by atoms with van der Waals surface area (Å²) in [4.78, 5) is 11.4. The Labute approximate surface area is 143 Å². The van der Waals surface area contributed by atoms with Crippen LogP contribution in [0.25, 0.3) is 0 Å². The van der Waals surface area contributed by atoms with Gasteiger partial charge in [0, 0.05) is 11.9 Å². The van der Waals surface area contributed by atoms with E-state index in [0.717, 1.165) is 5.56 Å². The molecular formula is C17H25BO6. The van der Waals surface area contributed by atoms with Gasteiger partial charge >= 0.3 is 13.1 Å². The van der Waals surface area contributed by atoms with E-state index in [1.807, 2.05) is 27.7 Å². The SMILES string of the molecule is COc1cc(OC)cc(C(CC(=O)O)B2OC(C)(C)C(C)(C)O2)c1. The largest absolute Gasteiger partial charge is 0.497 e. The first-order chi connectivity index (χ1) is 11.1. The Bertz CT molecular complexity index is 575. The summed E-state index contributed by atoms with van der Waals surface area (Å²) in [6.07, 6.45) is -0.118. The minimum Gasteiger partial charge on any atom is -0.497 e. The first-order valence-electron chi connectivity index (χ1n) is 7.90. The summed E-state index contributed by atoms with van der Waals surface area (Å²) < 4.78 is 22.7. The van der Waals surface area contributed by atoms with Crippen LogP contribution in [-0.4, -0.2) is 43.6 Å². The van der Waals surface area contributed by atoms with Gasteiger partial charge in [0.05, 0.1) is 31.8 Å². The third kappa shape index (κ3) is 3.67. The predicted molar refractivity (Wildman–Crippen MR) is 90.6 cm³/mol. The molecule has 7 heteroatoms. The summed E-state index contributed by atoms with van der Waals surface area (Å²) in [5.74, 6) is -0.212. The molecule has 6 nitrogen and oxygen atoms in total. The zero-order valence-corrected chi connectivity index (χ0v) is 15.1. The number of benzene rings is 1. The molecule has 1 heterocycles. The monoisotopic (exact) mass is 336 g/mol. The Morgan fingerprint density at radius 1 is 1.08 bits per heavy atom. The summed E-state index contributed by atoms with van der Waals surface area (Å²) in [6.45, 7) is 7.77. The van der Waals surface area contributed by atoms with Gasteiger partial charge < -0.3 is 23.9 Å². The van der Waals surface area contributed by atoms with Crippen molar-refractivity contribution in [1.82, 2.24) is 0 Å². The lowest BCUT2D eigenvalue weighted by molar-refractivity contribution is -0.137. The number of hydrogen-bond acceptors (Lipinski definition) is 5. The molecule has 1 saturated heterocycles. The number of rotatable bonds is 6. The molecule has 1 aromatic carbocycles. The Hall–Kier alpha value is -1.73. The molecule has 1 aliphatic rings. The lowest BCUT2D eigenvalue weighted by Crippen LogP contribution is -2.41. The second kappa shape index (κ2) is 6.65. The third-order valence-electron chi connectivity index (χ3n) is 4.80. The van der Waals surface area contributed by atoms with E-state index in [1.54, 1.807) is 32.4 Å². The molecule has 1 N–H and O–H groups in total. The molecule has 0 bridgehead atoms. The van der Waals surface area contributed by atoms with E-state index < -0.39 is 30.1 Å². The lowest BCUT2D eigenvalue weighted by atomic mass is 9.66. The number of carbonyl (C=O) groups is 1. The number of ether oxygens (including phenoxy) is 2. The molecule has 1 aliphatic heterocycles. The summed E-state index contributed by atoms with van der Waals surface area (Å²) >= 11 is 0. The second-order valence-corrected chi connectivity index (χ2v) is 6.98. The van der Waals surface area contributed by atoms with E-state index in [4.69, 9.17) is 18.8 Å². The van der Waals surface area contributed by atoms with E-state index >= 15 is 0 Å². The maximum Gasteiger partial charge on any atom is 0.466 e. The van der Waals surface area contributed by atoms with Crippen LogP contribution in [0.15, 0.2) is 18.2 Å². The van der Waals surface area contributed by atoms with Crippen LogP contribution in [0, 0.1) is 0 Å². The van der Waals surface area contributed by atoms with Crippen LogP contribution in [0.2, 0.25) is 0 Å². The third-order valence-corrected chi connectivity index (χ3v) is 4.80. The molecule has 1 aromatic rings. The zero-order chi connectivity index (χ0) is 18.1. The number of methoxy groups -OCH3 is 2. The molecule has 1 fully saturated rings. The average Bonchev–Trinajstić information content (AvgIpc) is 2.72. The molecule has 132 valence electrons. The van der Waals surface area contributed by atoms with Gasteiger partial charge in [-0.25, -0.2) is 0 Å². The van der Waals surface area contributed by atoms with Gasteiger partial charge in [-0.15, -0.1) is 0 Å². The molecule has 0 spiro atoms. The molecule has 1 unspecified atom stereocenters. The minimum absolute atomic E-state index is 0.118. The van der Waals surface area contributed by atoms with Gasteiger partial charge in [-0.05, 0) is 45.4 Å². The highest BCUT2D eigenvalue weighted by molar-refractivity contribution is 6.48. The topological polar surface area (TPSA) is 74.2 Å². The first-order valence-corrected chi connectivity index (χ1v) is 7.90. The van der Waals surface area contributed by atoms with Gasteiger partial charge in [0.15, 0.2) is 0 Å². The molecule has 0 saturated carbocycles. The predicted octanol–water partition coefficient (Wildman–Crippen LogP) is 2.89. The van der Waals surface area contributed by atoms with Gasteiger partial charge in [0.25, 0.3) is 0 Å².